The highest BCUT2D eigenvalue weighted by Gasteiger charge is 2.33. The van der Waals surface area contributed by atoms with Crippen LogP contribution in [0, 0.1) is 0 Å². The minimum atomic E-state index is -3.59. The Morgan fingerprint density at radius 3 is 1.57 bits per heavy atom. The molecule has 0 bridgehead atoms. The molecule has 0 atom stereocenters. The van der Waals surface area contributed by atoms with Crippen LogP contribution in [-0.4, -0.2) is 29.3 Å². The molecule has 28 heavy (non-hydrogen) atoms. The van der Waals surface area contributed by atoms with Crippen LogP contribution in [0.25, 0.3) is 0 Å². The van der Waals surface area contributed by atoms with Crippen LogP contribution in [0.4, 0.5) is 0 Å². The van der Waals surface area contributed by atoms with Gasteiger partial charge in [0, 0.05) is 16.7 Å². The summed E-state index contributed by atoms with van der Waals surface area (Å²) in [5.41, 5.74) is 1.08. The molecule has 0 heterocycles. The van der Waals surface area contributed by atoms with Crippen LogP contribution in [0.1, 0.15) is 90.7 Å². The molecule has 0 aromatic heterocycles. The summed E-state index contributed by atoms with van der Waals surface area (Å²) in [7, 11) is -3.59. The van der Waals surface area contributed by atoms with Gasteiger partial charge in [-0.05, 0) is 50.7 Å². The van der Waals surface area contributed by atoms with E-state index in [2.05, 4.69) is 0 Å². The van der Waals surface area contributed by atoms with Crippen molar-refractivity contribution < 1.29 is 23.5 Å². The number of aromatic hydroxyl groups is 1. The van der Waals surface area contributed by atoms with E-state index in [1.54, 1.807) is 39.8 Å². The number of phenols is 1. The maximum atomic E-state index is 13.1. The zero-order valence-electron chi connectivity index (χ0n) is 19.0. The molecule has 1 aromatic carbocycles. The van der Waals surface area contributed by atoms with Crippen molar-refractivity contribution in [1.82, 2.24) is 0 Å². The number of rotatable bonds is 7. The third-order valence-corrected chi connectivity index (χ3v) is 6.29. The van der Waals surface area contributed by atoms with Gasteiger partial charge in [0.2, 0.25) is 0 Å². The van der Waals surface area contributed by atoms with Gasteiger partial charge in [-0.25, -0.2) is 0 Å². The van der Waals surface area contributed by atoms with Crippen LogP contribution in [0.2, 0.25) is 0 Å². The summed E-state index contributed by atoms with van der Waals surface area (Å²) in [5, 5.41) is 10.8. The quantitative estimate of drug-likeness (QED) is 0.425. The predicted octanol–water partition coefficient (Wildman–Crippen LogP) is 6.21. The van der Waals surface area contributed by atoms with E-state index in [4.69, 9.17) is 9.05 Å². The average molecular weight is 413 g/mol. The van der Waals surface area contributed by atoms with Crippen LogP contribution < -0.4 is 0 Å². The summed E-state index contributed by atoms with van der Waals surface area (Å²) in [6, 6.07) is 3.39. The summed E-state index contributed by atoms with van der Waals surface area (Å²) < 4.78 is 24.2. The molecule has 0 aliphatic carbocycles. The van der Waals surface area contributed by atoms with E-state index in [1.165, 1.54) is 0 Å². The highest BCUT2D eigenvalue weighted by atomic mass is 31.2. The van der Waals surface area contributed by atoms with Gasteiger partial charge in [0.15, 0.2) is 5.78 Å². The van der Waals surface area contributed by atoms with Crippen LogP contribution in [0.5, 0.6) is 5.75 Å². The molecule has 1 rings (SSSR count). The fraction of sp³-hybridized carbons (Fsp3) is 0.682. The van der Waals surface area contributed by atoms with E-state index in [9.17, 15) is 14.5 Å². The predicted molar refractivity (Wildman–Crippen MR) is 115 cm³/mol. The summed E-state index contributed by atoms with van der Waals surface area (Å²) in [5.74, 6) is -0.114. The van der Waals surface area contributed by atoms with Crippen molar-refractivity contribution in [1.29, 1.82) is 0 Å². The molecule has 5 nitrogen and oxygen atoms in total. The Balaban J connectivity index is 3.45. The first-order valence-corrected chi connectivity index (χ1v) is 11.6. The average Bonchev–Trinajstić information content (AvgIpc) is 2.42. The molecular weight excluding hydrogens is 375 g/mol. The van der Waals surface area contributed by atoms with Crippen molar-refractivity contribution in [3.63, 3.8) is 0 Å². The molecule has 0 fully saturated rings. The Morgan fingerprint density at radius 2 is 1.29 bits per heavy atom. The van der Waals surface area contributed by atoms with E-state index in [1.807, 2.05) is 41.5 Å². The minimum absolute atomic E-state index is 0.205. The number of Topliss-reactive ketones (excluding diaryl/α,β-unsaturated/α-hetero) is 1. The first kappa shape index (κ1) is 24.9. The third-order valence-electron chi connectivity index (χ3n) is 4.13. The number of hydrogen-bond donors (Lipinski definition) is 1. The van der Waals surface area contributed by atoms with Crippen molar-refractivity contribution >= 4 is 13.4 Å². The Morgan fingerprint density at radius 1 is 0.929 bits per heavy atom. The van der Waals surface area contributed by atoms with Gasteiger partial charge in [-0.1, -0.05) is 41.5 Å². The highest BCUT2D eigenvalue weighted by molar-refractivity contribution is 7.55. The van der Waals surface area contributed by atoms with Crippen LogP contribution in [-0.2, 0) is 24.4 Å². The van der Waals surface area contributed by atoms with Crippen LogP contribution in [0.3, 0.4) is 0 Å². The molecule has 0 aliphatic rings. The lowest BCUT2D eigenvalue weighted by Gasteiger charge is -2.28. The van der Waals surface area contributed by atoms with Gasteiger partial charge in [0.1, 0.15) is 11.9 Å². The molecular formula is C22H37O5P. The zero-order chi connectivity index (χ0) is 22.1. The number of carbonyl (C=O) groups is 1. The molecule has 1 N–H and O–H groups in total. The smallest absolute Gasteiger partial charge is 0.338 e. The van der Waals surface area contributed by atoms with E-state index in [0.717, 1.165) is 0 Å². The van der Waals surface area contributed by atoms with E-state index >= 15 is 0 Å². The molecule has 0 radical (unpaired) electrons. The molecule has 1 aromatic rings. The summed E-state index contributed by atoms with van der Waals surface area (Å²) in [6.45, 7) is 18.9. The Hall–Kier alpha value is -1.16. The van der Waals surface area contributed by atoms with Gasteiger partial charge in [-0.2, -0.15) is 0 Å². The first-order valence-electron chi connectivity index (χ1n) is 9.83. The first-order chi connectivity index (χ1) is 12.5. The highest BCUT2D eigenvalue weighted by Crippen LogP contribution is 2.51. The third kappa shape index (κ3) is 6.72. The van der Waals surface area contributed by atoms with E-state index in [0.29, 0.717) is 16.7 Å². The summed E-state index contributed by atoms with van der Waals surface area (Å²) >= 11 is 0. The Bertz CT molecular complexity index is 702. The van der Waals surface area contributed by atoms with Crippen molar-refractivity contribution in [3.8, 4) is 5.75 Å². The van der Waals surface area contributed by atoms with Gasteiger partial charge >= 0.3 is 7.60 Å². The van der Waals surface area contributed by atoms with Crippen molar-refractivity contribution in [2.75, 3.05) is 6.16 Å². The van der Waals surface area contributed by atoms with Crippen LogP contribution >= 0.6 is 7.60 Å². The number of ketones is 1. The standard InChI is InChI=1S/C22H37O5P/c1-14(2)26-28(25,27-15(3)4)13-19(23)16-11-17(21(5,6)7)20(24)18(12-16)22(8,9)10/h11-12,14-15,24H,13H2,1-10H3. The normalized spacial score (nSPS) is 13.4. The lowest BCUT2D eigenvalue weighted by molar-refractivity contribution is 0.0988. The second-order valence-electron chi connectivity index (χ2n) is 9.92. The van der Waals surface area contributed by atoms with Crippen molar-refractivity contribution in [2.24, 2.45) is 0 Å². The van der Waals surface area contributed by atoms with E-state index in [-0.39, 0.29) is 40.7 Å². The second-order valence-corrected chi connectivity index (χ2v) is 11.9. The largest absolute Gasteiger partial charge is 0.507 e. The number of benzene rings is 1. The molecule has 0 amide bonds. The second kappa shape index (κ2) is 8.69. The number of hydrogen-bond acceptors (Lipinski definition) is 5. The fourth-order valence-corrected chi connectivity index (χ4v) is 4.97. The Labute approximate surface area is 170 Å². The van der Waals surface area contributed by atoms with E-state index < -0.39 is 7.60 Å². The summed E-state index contributed by atoms with van der Waals surface area (Å²) in [4.78, 5) is 13.1. The molecule has 0 saturated heterocycles. The maximum absolute atomic E-state index is 13.1. The molecule has 0 saturated carbocycles. The molecule has 6 heteroatoms. The molecule has 160 valence electrons. The maximum Gasteiger partial charge on any atom is 0.338 e. The molecule has 0 unspecified atom stereocenters. The van der Waals surface area contributed by atoms with Crippen molar-refractivity contribution in [3.05, 3.63) is 28.8 Å². The van der Waals surface area contributed by atoms with Gasteiger partial charge in [-0.3, -0.25) is 9.36 Å². The topological polar surface area (TPSA) is 72.8 Å². The van der Waals surface area contributed by atoms with Crippen molar-refractivity contribution in [2.45, 2.75) is 92.3 Å². The van der Waals surface area contributed by atoms with Gasteiger partial charge < -0.3 is 14.2 Å². The lowest BCUT2D eigenvalue weighted by Crippen LogP contribution is -2.20. The zero-order valence-corrected chi connectivity index (χ0v) is 19.9. The van der Waals surface area contributed by atoms with Gasteiger partial charge in [-0.15, -0.1) is 0 Å². The molecule has 0 spiro atoms. The van der Waals surface area contributed by atoms with Crippen LogP contribution in [0.15, 0.2) is 12.1 Å². The minimum Gasteiger partial charge on any atom is -0.507 e. The van der Waals surface area contributed by atoms with Gasteiger partial charge in [0.25, 0.3) is 0 Å². The monoisotopic (exact) mass is 412 g/mol. The SMILES string of the molecule is CC(C)OP(=O)(CC(=O)c1cc(C(C)(C)C)c(O)c(C(C)(C)C)c1)OC(C)C. The van der Waals surface area contributed by atoms with Gasteiger partial charge in [0.05, 0.1) is 12.2 Å². The lowest BCUT2D eigenvalue weighted by atomic mass is 9.78. The Kier molecular flexibility index (Phi) is 7.72. The number of carbonyl (C=O) groups excluding carboxylic acids is 1. The fourth-order valence-electron chi connectivity index (χ4n) is 2.95. The summed E-state index contributed by atoms with van der Waals surface area (Å²) in [6.07, 6.45) is -0.985. The number of phenolic OH excluding ortho intramolecular Hbond substituents is 1. The molecule has 0 aliphatic heterocycles.